The van der Waals surface area contributed by atoms with Gasteiger partial charge in [-0.15, -0.1) is 0 Å². The number of hydrogen-bond acceptors (Lipinski definition) is 1. The Kier molecular flexibility index (Phi) is 6.17. The number of benzene rings is 1. The Hall–Kier alpha value is -0.820. The predicted octanol–water partition coefficient (Wildman–Crippen LogP) is 3.87. The van der Waals surface area contributed by atoms with Crippen LogP contribution in [0.15, 0.2) is 24.3 Å². The summed E-state index contributed by atoms with van der Waals surface area (Å²) < 4.78 is 0. The second-order valence-corrected chi connectivity index (χ2v) is 4.45. The van der Waals surface area contributed by atoms with E-state index in [4.69, 9.17) is 0 Å². The number of aryl methyl sites for hydroxylation is 1. The van der Waals surface area contributed by atoms with Crippen molar-refractivity contribution in [2.45, 2.75) is 46.6 Å². The molecule has 0 aliphatic rings. The molecule has 0 unspecified atom stereocenters. The number of rotatable bonds is 7. The Bertz CT molecular complexity index is 270. The van der Waals surface area contributed by atoms with E-state index in [9.17, 15) is 0 Å². The zero-order valence-electron chi connectivity index (χ0n) is 11.0. The molecule has 90 valence electrons. The second kappa shape index (κ2) is 7.45. The highest BCUT2D eigenvalue weighted by atomic mass is 15.1. The summed E-state index contributed by atoms with van der Waals surface area (Å²) in [5, 5.41) is 0. The molecule has 0 fully saturated rings. The lowest BCUT2D eigenvalue weighted by atomic mass is 10.1. The van der Waals surface area contributed by atoms with Crippen LogP contribution in [0.4, 0.5) is 0 Å². The molecule has 0 atom stereocenters. The first-order chi connectivity index (χ1) is 7.80. The first-order valence-corrected chi connectivity index (χ1v) is 6.60. The molecule has 0 bridgehead atoms. The lowest BCUT2D eigenvalue weighted by molar-refractivity contribution is 0.266. The summed E-state index contributed by atoms with van der Waals surface area (Å²) in [6.07, 6.45) is 3.62. The van der Waals surface area contributed by atoms with Crippen LogP contribution in [0.3, 0.4) is 0 Å². The van der Waals surface area contributed by atoms with E-state index in [0.29, 0.717) is 0 Å². The van der Waals surface area contributed by atoms with Crippen LogP contribution in [-0.4, -0.2) is 18.0 Å². The van der Waals surface area contributed by atoms with Crippen LogP contribution in [-0.2, 0) is 13.0 Å². The van der Waals surface area contributed by atoms with Gasteiger partial charge in [-0.05, 0) is 43.5 Å². The van der Waals surface area contributed by atoms with Crippen molar-refractivity contribution >= 4 is 0 Å². The van der Waals surface area contributed by atoms with Crippen LogP contribution in [0.5, 0.6) is 0 Å². The Labute approximate surface area is 100 Å². The Morgan fingerprint density at radius 1 is 0.812 bits per heavy atom. The Morgan fingerprint density at radius 2 is 1.31 bits per heavy atom. The van der Waals surface area contributed by atoms with E-state index in [1.54, 1.807) is 0 Å². The van der Waals surface area contributed by atoms with Crippen molar-refractivity contribution in [3.8, 4) is 0 Å². The Balaban J connectivity index is 2.54. The molecular formula is C15H25N. The van der Waals surface area contributed by atoms with Gasteiger partial charge in [-0.2, -0.15) is 0 Å². The molecule has 0 heterocycles. The maximum Gasteiger partial charge on any atom is 0.0233 e. The van der Waals surface area contributed by atoms with Crippen molar-refractivity contribution in [1.29, 1.82) is 0 Å². The summed E-state index contributed by atoms with van der Waals surface area (Å²) in [7, 11) is 0. The van der Waals surface area contributed by atoms with Crippen molar-refractivity contribution in [2.75, 3.05) is 13.1 Å². The summed E-state index contributed by atoms with van der Waals surface area (Å²) in [6, 6.07) is 9.06. The molecule has 1 rings (SSSR count). The first-order valence-electron chi connectivity index (χ1n) is 6.60. The van der Waals surface area contributed by atoms with Gasteiger partial charge in [-0.25, -0.2) is 0 Å². The van der Waals surface area contributed by atoms with E-state index in [1.807, 2.05) is 0 Å². The maximum atomic E-state index is 2.54. The van der Waals surface area contributed by atoms with Crippen LogP contribution in [0.1, 0.15) is 44.7 Å². The molecule has 0 aliphatic heterocycles. The summed E-state index contributed by atoms with van der Waals surface area (Å²) in [5.74, 6) is 0. The SMILES string of the molecule is CCCN(CCC)Cc1ccc(CC)cc1. The minimum Gasteiger partial charge on any atom is -0.299 e. The fraction of sp³-hybridized carbons (Fsp3) is 0.600. The van der Waals surface area contributed by atoms with Gasteiger partial charge in [0.2, 0.25) is 0 Å². The van der Waals surface area contributed by atoms with Gasteiger partial charge in [0, 0.05) is 6.54 Å². The zero-order valence-corrected chi connectivity index (χ0v) is 11.0. The molecule has 0 radical (unpaired) electrons. The zero-order chi connectivity index (χ0) is 11.8. The lowest BCUT2D eigenvalue weighted by Crippen LogP contribution is -2.24. The molecule has 16 heavy (non-hydrogen) atoms. The number of hydrogen-bond donors (Lipinski definition) is 0. The van der Waals surface area contributed by atoms with Crippen molar-refractivity contribution < 1.29 is 0 Å². The van der Waals surface area contributed by atoms with Gasteiger partial charge in [0.15, 0.2) is 0 Å². The van der Waals surface area contributed by atoms with Gasteiger partial charge >= 0.3 is 0 Å². The van der Waals surface area contributed by atoms with Gasteiger partial charge in [0.05, 0.1) is 0 Å². The summed E-state index contributed by atoms with van der Waals surface area (Å²) in [4.78, 5) is 2.54. The van der Waals surface area contributed by atoms with E-state index in [2.05, 4.69) is 49.9 Å². The van der Waals surface area contributed by atoms with Gasteiger partial charge in [0.1, 0.15) is 0 Å². The molecule has 0 saturated heterocycles. The highest BCUT2D eigenvalue weighted by Gasteiger charge is 2.03. The van der Waals surface area contributed by atoms with Crippen LogP contribution < -0.4 is 0 Å². The molecule has 1 aromatic rings. The summed E-state index contributed by atoms with van der Waals surface area (Å²) in [5.41, 5.74) is 2.88. The third kappa shape index (κ3) is 4.36. The van der Waals surface area contributed by atoms with Crippen molar-refractivity contribution in [3.05, 3.63) is 35.4 Å². The van der Waals surface area contributed by atoms with E-state index in [1.165, 1.54) is 37.1 Å². The normalized spacial score (nSPS) is 11.0. The molecule has 1 aromatic carbocycles. The highest BCUT2D eigenvalue weighted by molar-refractivity contribution is 5.22. The Morgan fingerprint density at radius 3 is 1.75 bits per heavy atom. The molecule has 1 nitrogen and oxygen atoms in total. The van der Waals surface area contributed by atoms with Crippen molar-refractivity contribution in [1.82, 2.24) is 4.90 Å². The van der Waals surface area contributed by atoms with Crippen molar-refractivity contribution in [3.63, 3.8) is 0 Å². The minimum atomic E-state index is 1.10. The largest absolute Gasteiger partial charge is 0.299 e. The van der Waals surface area contributed by atoms with Crippen molar-refractivity contribution in [2.24, 2.45) is 0 Å². The molecule has 0 amide bonds. The van der Waals surface area contributed by atoms with E-state index < -0.39 is 0 Å². The highest BCUT2D eigenvalue weighted by Crippen LogP contribution is 2.09. The average Bonchev–Trinajstić information content (AvgIpc) is 2.31. The molecule has 0 N–H and O–H groups in total. The average molecular weight is 219 g/mol. The minimum absolute atomic E-state index is 1.10. The molecule has 1 heteroatoms. The quantitative estimate of drug-likeness (QED) is 0.673. The smallest absolute Gasteiger partial charge is 0.0233 e. The third-order valence-electron chi connectivity index (χ3n) is 2.92. The molecule has 0 saturated carbocycles. The van der Waals surface area contributed by atoms with Gasteiger partial charge in [-0.1, -0.05) is 45.0 Å². The van der Waals surface area contributed by atoms with E-state index in [-0.39, 0.29) is 0 Å². The lowest BCUT2D eigenvalue weighted by Gasteiger charge is -2.21. The summed E-state index contributed by atoms with van der Waals surface area (Å²) >= 11 is 0. The monoisotopic (exact) mass is 219 g/mol. The maximum absolute atomic E-state index is 2.54. The van der Waals surface area contributed by atoms with Crippen LogP contribution in [0.25, 0.3) is 0 Å². The molecule has 0 spiro atoms. The topological polar surface area (TPSA) is 3.24 Å². The molecule has 0 aliphatic carbocycles. The third-order valence-corrected chi connectivity index (χ3v) is 2.92. The standard InChI is InChI=1S/C15H25N/c1-4-11-16(12-5-2)13-15-9-7-14(6-3)8-10-15/h7-10H,4-6,11-13H2,1-3H3. The van der Waals surface area contributed by atoms with Crippen LogP contribution in [0, 0.1) is 0 Å². The fourth-order valence-electron chi connectivity index (χ4n) is 2.04. The van der Waals surface area contributed by atoms with Gasteiger partial charge in [-0.3, -0.25) is 4.90 Å². The number of nitrogens with zero attached hydrogens (tertiary/aromatic N) is 1. The van der Waals surface area contributed by atoms with Gasteiger partial charge in [0.25, 0.3) is 0 Å². The fourth-order valence-corrected chi connectivity index (χ4v) is 2.04. The van der Waals surface area contributed by atoms with E-state index in [0.717, 1.165) is 13.0 Å². The molecule has 0 aromatic heterocycles. The van der Waals surface area contributed by atoms with Crippen LogP contribution in [0.2, 0.25) is 0 Å². The second-order valence-electron chi connectivity index (χ2n) is 4.45. The predicted molar refractivity (Wildman–Crippen MR) is 71.7 cm³/mol. The molecular weight excluding hydrogens is 194 g/mol. The van der Waals surface area contributed by atoms with E-state index >= 15 is 0 Å². The first kappa shape index (κ1) is 13.2. The van der Waals surface area contributed by atoms with Crippen LogP contribution >= 0.6 is 0 Å². The summed E-state index contributed by atoms with van der Waals surface area (Å²) in [6.45, 7) is 10.2. The van der Waals surface area contributed by atoms with Gasteiger partial charge < -0.3 is 0 Å².